The molecule has 5 nitrogen and oxygen atoms in total. The first-order valence-corrected chi connectivity index (χ1v) is 6.41. The van der Waals surface area contributed by atoms with Crippen LogP contribution in [0.15, 0.2) is 35.1 Å². The van der Waals surface area contributed by atoms with E-state index in [1.807, 2.05) is 13.0 Å². The van der Waals surface area contributed by atoms with Gasteiger partial charge in [0.05, 0.1) is 11.8 Å². The largest absolute Gasteiger partial charge is 0.469 e. The van der Waals surface area contributed by atoms with Gasteiger partial charge in [-0.2, -0.15) is 0 Å². The smallest absolute Gasteiger partial charge is 0.254 e. The lowest BCUT2D eigenvalue weighted by molar-refractivity contribution is 0.0949. The minimum Gasteiger partial charge on any atom is -0.469 e. The summed E-state index contributed by atoms with van der Waals surface area (Å²) in [7, 11) is 0. The van der Waals surface area contributed by atoms with Gasteiger partial charge in [-0.15, -0.1) is 0 Å². The van der Waals surface area contributed by atoms with Crippen molar-refractivity contribution in [2.24, 2.45) is 0 Å². The van der Waals surface area contributed by atoms with Crippen LogP contribution in [-0.4, -0.2) is 24.0 Å². The van der Waals surface area contributed by atoms with Gasteiger partial charge in [-0.25, -0.2) is 9.37 Å². The molecule has 0 aliphatic heterocycles. The molecule has 0 fully saturated rings. The number of amides is 1. The Morgan fingerprint density at radius 1 is 1.45 bits per heavy atom. The molecule has 0 unspecified atom stereocenters. The number of nitrogens with zero attached hydrogens (tertiary/aromatic N) is 1. The fourth-order valence-electron chi connectivity index (χ4n) is 1.76. The van der Waals surface area contributed by atoms with Gasteiger partial charge in [0.15, 0.2) is 11.6 Å². The number of carbonyl (C=O) groups excluding carboxylic acids is 1. The van der Waals surface area contributed by atoms with Crippen LogP contribution in [0.3, 0.4) is 0 Å². The standard InChI is InChI=1S/C14H16FN3O2/c1-2-16-13-12(15)11(6-8-17-13)14(19)18-7-5-10-4-3-9-20-10/h3-4,6,8-9H,2,5,7H2,1H3,(H,16,17)(H,18,19). The monoisotopic (exact) mass is 277 g/mol. The molecule has 2 aromatic rings. The quantitative estimate of drug-likeness (QED) is 0.849. The molecule has 0 aromatic carbocycles. The number of anilines is 1. The summed E-state index contributed by atoms with van der Waals surface area (Å²) in [6.45, 7) is 2.75. The normalized spacial score (nSPS) is 10.3. The number of aromatic nitrogens is 1. The molecule has 2 rings (SSSR count). The van der Waals surface area contributed by atoms with Crippen molar-refractivity contribution in [1.29, 1.82) is 0 Å². The molecule has 0 spiro atoms. The molecule has 0 saturated heterocycles. The van der Waals surface area contributed by atoms with Crippen molar-refractivity contribution in [2.45, 2.75) is 13.3 Å². The van der Waals surface area contributed by atoms with Crippen LogP contribution < -0.4 is 10.6 Å². The summed E-state index contributed by atoms with van der Waals surface area (Å²) in [5.74, 6) is -0.236. The lowest BCUT2D eigenvalue weighted by Crippen LogP contribution is -2.27. The summed E-state index contributed by atoms with van der Waals surface area (Å²) in [6.07, 6.45) is 3.54. The maximum absolute atomic E-state index is 14.0. The maximum atomic E-state index is 14.0. The highest BCUT2D eigenvalue weighted by Crippen LogP contribution is 2.14. The molecular formula is C14H16FN3O2. The molecule has 0 radical (unpaired) electrons. The van der Waals surface area contributed by atoms with Crippen molar-refractivity contribution in [3.05, 3.63) is 47.8 Å². The van der Waals surface area contributed by atoms with Crippen molar-refractivity contribution < 1.29 is 13.6 Å². The molecular weight excluding hydrogens is 261 g/mol. The van der Waals surface area contributed by atoms with Crippen molar-refractivity contribution in [1.82, 2.24) is 10.3 Å². The van der Waals surface area contributed by atoms with Gasteiger partial charge in [-0.1, -0.05) is 0 Å². The second kappa shape index (κ2) is 6.70. The third kappa shape index (κ3) is 3.34. The van der Waals surface area contributed by atoms with E-state index in [2.05, 4.69) is 15.6 Å². The zero-order chi connectivity index (χ0) is 14.4. The molecule has 2 N–H and O–H groups in total. The van der Waals surface area contributed by atoms with Crippen molar-refractivity contribution in [2.75, 3.05) is 18.4 Å². The number of hydrogen-bond acceptors (Lipinski definition) is 4. The number of hydrogen-bond donors (Lipinski definition) is 2. The Bertz CT molecular complexity index is 570. The van der Waals surface area contributed by atoms with Crippen LogP contribution in [0.5, 0.6) is 0 Å². The molecule has 0 saturated carbocycles. The van der Waals surface area contributed by atoms with Gasteiger partial charge in [-0.05, 0) is 25.1 Å². The second-order valence-corrected chi connectivity index (χ2v) is 4.14. The first kappa shape index (κ1) is 14.0. The van der Waals surface area contributed by atoms with E-state index in [0.29, 0.717) is 19.5 Å². The van der Waals surface area contributed by atoms with E-state index in [4.69, 9.17) is 4.42 Å². The highest BCUT2D eigenvalue weighted by molar-refractivity contribution is 5.95. The van der Waals surface area contributed by atoms with Gasteiger partial charge in [0.1, 0.15) is 5.76 Å². The molecule has 0 aliphatic rings. The Balaban J connectivity index is 1.96. The molecule has 0 bridgehead atoms. The minimum absolute atomic E-state index is 0.0182. The molecule has 0 aliphatic carbocycles. The highest BCUT2D eigenvalue weighted by atomic mass is 19.1. The van der Waals surface area contributed by atoms with Crippen LogP contribution in [0.4, 0.5) is 10.2 Å². The van der Waals surface area contributed by atoms with Crippen LogP contribution in [0.2, 0.25) is 0 Å². The number of halogens is 1. The zero-order valence-corrected chi connectivity index (χ0v) is 11.1. The Morgan fingerprint density at radius 3 is 3.00 bits per heavy atom. The Hall–Kier alpha value is -2.37. The first-order chi connectivity index (χ1) is 9.72. The van der Waals surface area contributed by atoms with Crippen molar-refractivity contribution >= 4 is 11.7 Å². The number of rotatable bonds is 6. The predicted octanol–water partition coefficient (Wildman–Crippen LogP) is 2.22. The number of nitrogens with one attached hydrogen (secondary N) is 2. The summed E-state index contributed by atoms with van der Waals surface area (Å²) < 4.78 is 19.2. The summed E-state index contributed by atoms with van der Waals surface area (Å²) in [4.78, 5) is 15.8. The number of pyridine rings is 1. The summed E-state index contributed by atoms with van der Waals surface area (Å²) in [5, 5.41) is 5.42. The van der Waals surface area contributed by atoms with E-state index in [1.54, 1.807) is 12.3 Å². The van der Waals surface area contributed by atoms with E-state index in [0.717, 1.165) is 5.76 Å². The lowest BCUT2D eigenvalue weighted by Gasteiger charge is -2.08. The Morgan fingerprint density at radius 2 is 2.30 bits per heavy atom. The maximum Gasteiger partial charge on any atom is 0.254 e. The van der Waals surface area contributed by atoms with E-state index in [9.17, 15) is 9.18 Å². The third-order valence-electron chi connectivity index (χ3n) is 2.72. The summed E-state index contributed by atoms with van der Waals surface area (Å²) in [6, 6.07) is 4.96. The number of furan rings is 1. The van der Waals surface area contributed by atoms with Crippen LogP contribution in [0.25, 0.3) is 0 Å². The SMILES string of the molecule is CCNc1nccc(C(=O)NCCc2ccco2)c1F. The van der Waals surface area contributed by atoms with Crippen LogP contribution >= 0.6 is 0 Å². The molecule has 6 heteroatoms. The average molecular weight is 277 g/mol. The van der Waals surface area contributed by atoms with Crippen LogP contribution in [0, 0.1) is 5.82 Å². The number of carbonyl (C=O) groups is 1. The molecule has 0 atom stereocenters. The van der Waals surface area contributed by atoms with Crippen molar-refractivity contribution in [3.8, 4) is 0 Å². The summed E-state index contributed by atoms with van der Waals surface area (Å²) in [5.41, 5.74) is -0.0182. The molecule has 106 valence electrons. The lowest BCUT2D eigenvalue weighted by atomic mass is 10.2. The topological polar surface area (TPSA) is 67.2 Å². The fraction of sp³-hybridized carbons (Fsp3) is 0.286. The Kier molecular flexibility index (Phi) is 4.70. The first-order valence-electron chi connectivity index (χ1n) is 6.41. The summed E-state index contributed by atoms with van der Waals surface area (Å²) >= 11 is 0. The van der Waals surface area contributed by atoms with E-state index < -0.39 is 11.7 Å². The van der Waals surface area contributed by atoms with Gasteiger partial charge in [0.25, 0.3) is 5.91 Å². The predicted molar refractivity (Wildman–Crippen MR) is 73.1 cm³/mol. The van der Waals surface area contributed by atoms with Gasteiger partial charge in [0.2, 0.25) is 0 Å². The van der Waals surface area contributed by atoms with Gasteiger partial charge >= 0.3 is 0 Å². The molecule has 2 heterocycles. The Labute approximate surface area is 116 Å². The second-order valence-electron chi connectivity index (χ2n) is 4.14. The van der Waals surface area contributed by atoms with Crippen molar-refractivity contribution in [3.63, 3.8) is 0 Å². The fourth-order valence-corrected chi connectivity index (χ4v) is 1.76. The highest BCUT2D eigenvalue weighted by Gasteiger charge is 2.15. The van der Waals surface area contributed by atoms with Gasteiger partial charge < -0.3 is 15.1 Å². The van der Waals surface area contributed by atoms with Crippen LogP contribution in [0.1, 0.15) is 23.0 Å². The van der Waals surface area contributed by atoms with Gasteiger partial charge in [0, 0.05) is 25.7 Å². The molecule has 1 amide bonds. The zero-order valence-electron chi connectivity index (χ0n) is 11.1. The molecule has 2 aromatic heterocycles. The van der Waals surface area contributed by atoms with E-state index >= 15 is 0 Å². The van der Waals surface area contributed by atoms with Crippen LogP contribution in [-0.2, 0) is 6.42 Å². The van der Waals surface area contributed by atoms with E-state index in [-0.39, 0.29) is 11.4 Å². The van der Waals surface area contributed by atoms with Gasteiger partial charge in [-0.3, -0.25) is 4.79 Å². The molecule has 20 heavy (non-hydrogen) atoms. The average Bonchev–Trinajstić information content (AvgIpc) is 2.94. The minimum atomic E-state index is -0.634. The van der Waals surface area contributed by atoms with E-state index in [1.165, 1.54) is 12.3 Å². The third-order valence-corrected chi connectivity index (χ3v) is 2.72.